The largest absolute Gasteiger partial charge is 0.354 e. The molecule has 0 bridgehead atoms. The van der Waals surface area contributed by atoms with Crippen molar-refractivity contribution in [3.05, 3.63) is 41.8 Å². The van der Waals surface area contributed by atoms with Crippen LogP contribution in [-0.4, -0.2) is 16.5 Å². The average Bonchev–Trinajstić information content (AvgIpc) is 2.40. The first-order chi connectivity index (χ1) is 9.24. The maximum atomic E-state index is 13.4. The SMILES string of the molecule is CCNc1nccc(Nc2cccc(F)c2C#N)n1. The minimum Gasteiger partial charge on any atom is -0.354 e. The lowest BCUT2D eigenvalue weighted by Gasteiger charge is -2.09. The van der Waals surface area contributed by atoms with Gasteiger partial charge in [0.2, 0.25) is 5.95 Å². The molecular formula is C13H12FN5. The number of anilines is 3. The van der Waals surface area contributed by atoms with Gasteiger partial charge in [0.15, 0.2) is 0 Å². The molecule has 1 aromatic carbocycles. The molecular weight excluding hydrogens is 245 g/mol. The highest BCUT2D eigenvalue weighted by Crippen LogP contribution is 2.21. The van der Waals surface area contributed by atoms with Crippen LogP contribution in [0.2, 0.25) is 0 Å². The Balaban J connectivity index is 2.29. The fourth-order valence-electron chi connectivity index (χ4n) is 1.55. The quantitative estimate of drug-likeness (QED) is 0.880. The molecule has 0 unspecified atom stereocenters. The van der Waals surface area contributed by atoms with Crippen LogP contribution in [0.5, 0.6) is 0 Å². The maximum Gasteiger partial charge on any atom is 0.224 e. The van der Waals surface area contributed by atoms with Crippen LogP contribution in [0, 0.1) is 17.1 Å². The van der Waals surface area contributed by atoms with Crippen LogP contribution >= 0.6 is 0 Å². The van der Waals surface area contributed by atoms with Crippen molar-refractivity contribution in [3.8, 4) is 6.07 Å². The molecule has 96 valence electrons. The molecule has 19 heavy (non-hydrogen) atoms. The lowest BCUT2D eigenvalue weighted by Crippen LogP contribution is -2.04. The van der Waals surface area contributed by atoms with Crippen molar-refractivity contribution < 1.29 is 4.39 Å². The van der Waals surface area contributed by atoms with Gasteiger partial charge >= 0.3 is 0 Å². The van der Waals surface area contributed by atoms with Gasteiger partial charge in [-0.05, 0) is 25.1 Å². The molecule has 0 aliphatic heterocycles. The minimum atomic E-state index is -0.562. The van der Waals surface area contributed by atoms with Crippen molar-refractivity contribution in [2.24, 2.45) is 0 Å². The number of nitrogens with one attached hydrogen (secondary N) is 2. The number of hydrogen-bond donors (Lipinski definition) is 2. The fourth-order valence-corrected chi connectivity index (χ4v) is 1.55. The van der Waals surface area contributed by atoms with Gasteiger partial charge in [0.25, 0.3) is 0 Å². The van der Waals surface area contributed by atoms with E-state index >= 15 is 0 Å². The molecule has 2 N–H and O–H groups in total. The van der Waals surface area contributed by atoms with Crippen LogP contribution in [0.3, 0.4) is 0 Å². The third kappa shape index (κ3) is 2.96. The lowest BCUT2D eigenvalue weighted by atomic mass is 10.2. The van der Waals surface area contributed by atoms with E-state index < -0.39 is 5.82 Å². The number of halogens is 1. The molecule has 0 aliphatic carbocycles. The second-order valence-corrected chi connectivity index (χ2v) is 3.70. The maximum absolute atomic E-state index is 13.4. The van der Waals surface area contributed by atoms with E-state index in [0.29, 0.717) is 24.0 Å². The summed E-state index contributed by atoms with van der Waals surface area (Å²) in [4.78, 5) is 8.23. The Morgan fingerprint density at radius 2 is 2.21 bits per heavy atom. The smallest absolute Gasteiger partial charge is 0.224 e. The van der Waals surface area contributed by atoms with Crippen LogP contribution in [0.1, 0.15) is 12.5 Å². The Morgan fingerprint density at radius 3 is 2.95 bits per heavy atom. The third-order valence-electron chi connectivity index (χ3n) is 2.38. The second-order valence-electron chi connectivity index (χ2n) is 3.70. The van der Waals surface area contributed by atoms with Crippen molar-refractivity contribution in [2.75, 3.05) is 17.2 Å². The van der Waals surface area contributed by atoms with Crippen LogP contribution < -0.4 is 10.6 Å². The van der Waals surface area contributed by atoms with E-state index in [0.717, 1.165) is 0 Å². The van der Waals surface area contributed by atoms with Crippen molar-refractivity contribution in [1.82, 2.24) is 9.97 Å². The van der Waals surface area contributed by atoms with Crippen molar-refractivity contribution >= 4 is 17.5 Å². The molecule has 0 amide bonds. The zero-order chi connectivity index (χ0) is 13.7. The molecule has 0 saturated carbocycles. The van der Waals surface area contributed by atoms with Crippen molar-refractivity contribution in [3.63, 3.8) is 0 Å². The average molecular weight is 257 g/mol. The first-order valence-electron chi connectivity index (χ1n) is 5.77. The Morgan fingerprint density at radius 1 is 1.37 bits per heavy atom. The number of nitriles is 1. The van der Waals surface area contributed by atoms with Gasteiger partial charge in [0.1, 0.15) is 23.3 Å². The van der Waals surface area contributed by atoms with Gasteiger partial charge in [0, 0.05) is 12.7 Å². The molecule has 0 saturated heterocycles. The van der Waals surface area contributed by atoms with Crippen LogP contribution in [0.25, 0.3) is 0 Å². The highest BCUT2D eigenvalue weighted by molar-refractivity contribution is 5.65. The lowest BCUT2D eigenvalue weighted by molar-refractivity contribution is 0.624. The molecule has 0 radical (unpaired) electrons. The molecule has 6 heteroatoms. The highest BCUT2D eigenvalue weighted by atomic mass is 19.1. The first-order valence-corrected chi connectivity index (χ1v) is 5.77. The summed E-state index contributed by atoms with van der Waals surface area (Å²) in [5.41, 5.74) is 0.342. The topological polar surface area (TPSA) is 73.6 Å². The van der Waals surface area contributed by atoms with E-state index in [1.54, 1.807) is 18.3 Å². The Bertz CT molecular complexity index is 621. The number of aromatic nitrogens is 2. The predicted octanol–water partition coefficient (Wildman–Crippen LogP) is 2.66. The van der Waals surface area contributed by atoms with Crippen LogP contribution in [0.4, 0.5) is 21.8 Å². The fraction of sp³-hybridized carbons (Fsp3) is 0.154. The van der Waals surface area contributed by atoms with E-state index in [1.165, 1.54) is 12.1 Å². The molecule has 5 nitrogen and oxygen atoms in total. The summed E-state index contributed by atoms with van der Waals surface area (Å²) in [6.45, 7) is 2.64. The standard InChI is InChI=1S/C13H12FN5/c1-2-16-13-17-7-6-12(19-13)18-11-5-3-4-10(14)9(11)8-15/h3-7H,2H2,1H3,(H2,16,17,18,19). The molecule has 2 aromatic rings. The molecule has 2 rings (SSSR count). The molecule has 0 atom stereocenters. The Kier molecular flexibility index (Phi) is 3.88. The molecule has 1 aromatic heterocycles. The van der Waals surface area contributed by atoms with Gasteiger partial charge in [-0.15, -0.1) is 0 Å². The Labute approximate surface area is 110 Å². The summed E-state index contributed by atoms with van der Waals surface area (Å²) < 4.78 is 13.4. The molecule has 0 fully saturated rings. The van der Waals surface area contributed by atoms with Gasteiger partial charge < -0.3 is 10.6 Å². The predicted molar refractivity (Wildman–Crippen MR) is 70.6 cm³/mol. The second kappa shape index (κ2) is 5.78. The van der Waals surface area contributed by atoms with Gasteiger partial charge in [-0.2, -0.15) is 10.2 Å². The minimum absolute atomic E-state index is 0.0360. The zero-order valence-corrected chi connectivity index (χ0v) is 10.3. The van der Waals surface area contributed by atoms with Gasteiger partial charge in [0.05, 0.1) is 5.69 Å². The zero-order valence-electron chi connectivity index (χ0n) is 10.3. The van der Waals surface area contributed by atoms with Crippen molar-refractivity contribution in [2.45, 2.75) is 6.92 Å². The summed E-state index contributed by atoms with van der Waals surface area (Å²) >= 11 is 0. The summed E-state index contributed by atoms with van der Waals surface area (Å²) in [5.74, 6) is 0.406. The molecule has 0 spiro atoms. The molecule has 1 heterocycles. The normalized spacial score (nSPS) is 9.74. The summed E-state index contributed by atoms with van der Waals surface area (Å²) in [6, 6.07) is 7.87. The van der Waals surface area contributed by atoms with Gasteiger partial charge in [-0.1, -0.05) is 6.07 Å². The van der Waals surface area contributed by atoms with Crippen LogP contribution in [-0.2, 0) is 0 Å². The van der Waals surface area contributed by atoms with Crippen LogP contribution in [0.15, 0.2) is 30.5 Å². The Hall–Kier alpha value is -2.68. The first kappa shape index (κ1) is 12.8. The van der Waals surface area contributed by atoms with Gasteiger partial charge in [-0.3, -0.25) is 0 Å². The van der Waals surface area contributed by atoms with E-state index in [-0.39, 0.29) is 5.56 Å². The van der Waals surface area contributed by atoms with Gasteiger partial charge in [-0.25, -0.2) is 9.37 Å². The number of nitrogens with zero attached hydrogens (tertiary/aromatic N) is 3. The summed E-state index contributed by atoms with van der Waals surface area (Å²) in [5, 5.41) is 14.8. The van der Waals surface area contributed by atoms with E-state index in [2.05, 4.69) is 20.6 Å². The number of hydrogen-bond acceptors (Lipinski definition) is 5. The summed E-state index contributed by atoms with van der Waals surface area (Å²) in [7, 11) is 0. The monoisotopic (exact) mass is 257 g/mol. The highest BCUT2D eigenvalue weighted by Gasteiger charge is 2.08. The van der Waals surface area contributed by atoms with Crippen molar-refractivity contribution in [1.29, 1.82) is 5.26 Å². The number of rotatable bonds is 4. The van der Waals surface area contributed by atoms with E-state index in [4.69, 9.17) is 5.26 Å². The molecule has 0 aliphatic rings. The third-order valence-corrected chi connectivity index (χ3v) is 2.38. The summed E-state index contributed by atoms with van der Waals surface area (Å²) in [6.07, 6.45) is 1.58. The van der Waals surface area contributed by atoms with E-state index in [9.17, 15) is 4.39 Å². The number of benzene rings is 1. The van der Waals surface area contributed by atoms with E-state index in [1.807, 2.05) is 13.0 Å².